The first-order valence-corrected chi connectivity index (χ1v) is 6.24. The molecule has 0 saturated carbocycles. The van der Waals surface area contributed by atoms with Gasteiger partial charge in [-0.3, -0.25) is 9.78 Å². The number of carbonyl (C=O) groups is 1. The summed E-state index contributed by atoms with van der Waals surface area (Å²) < 4.78 is 5.46. The van der Waals surface area contributed by atoms with E-state index in [1.807, 2.05) is 37.3 Å². The smallest absolute Gasteiger partial charge is 0.168 e. The Morgan fingerprint density at radius 1 is 1.39 bits per heavy atom. The Morgan fingerprint density at radius 3 is 3.06 bits per heavy atom. The van der Waals surface area contributed by atoms with E-state index in [2.05, 4.69) is 4.98 Å². The van der Waals surface area contributed by atoms with Gasteiger partial charge in [-0.05, 0) is 25.5 Å². The van der Waals surface area contributed by atoms with Crippen LogP contribution in [0.4, 0.5) is 0 Å². The van der Waals surface area contributed by atoms with E-state index in [1.165, 1.54) is 0 Å². The highest BCUT2D eigenvalue weighted by atomic mass is 16.5. The van der Waals surface area contributed by atoms with Gasteiger partial charge in [-0.2, -0.15) is 0 Å². The monoisotopic (exact) mass is 241 g/mol. The Balaban J connectivity index is 1.92. The molecule has 2 atom stereocenters. The minimum absolute atomic E-state index is 0.00108. The number of nitrogens with zero attached hydrogens (tertiary/aromatic N) is 1. The lowest BCUT2D eigenvalue weighted by Crippen LogP contribution is -2.14. The van der Waals surface area contributed by atoms with E-state index in [0.29, 0.717) is 6.61 Å². The third kappa shape index (κ3) is 2.02. The Labute approximate surface area is 106 Å². The van der Waals surface area contributed by atoms with Crippen molar-refractivity contribution < 1.29 is 9.53 Å². The lowest BCUT2D eigenvalue weighted by Gasteiger charge is -2.07. The van der Waals surface area contributed by atoms with Gasteiger partial charge in [0.2, 0.25) is 0 Å². The van der Waals surface area contributed by atoms with E-state index in [-0.39, 0.29) is 17.8 Å². The van der Waals surface area contributed by atoms with Gasteiger partial charge in [-0.1, -0.05) is 18.2 Å². The van der Waals surface area contributed by atoms with E-state index in [9.17, 15) is 4.79 Å². The average molecular weight is 241 g/mol. The second-order valence-corrected chi connectivity index (χ2v) is 4.85. The molecule has 1 aliphatic rings. The summed E-state index contributed by atoms with van der Waals surface area (Å²) in [5, 5.41) is 1.06. The van der Waals surface area contributed by atoms with Crippen molar-refractivity contribution in [1.29, 1.82) is 0 Å². The Morgan fingerprint density at radius 2 is 2.28 bits per heavy atom. The van der Waals surface area contributed by atoms with Crippen LogP contribution in [0.3, 0.4) is 0 Å². The fourth-order valence-corrected chi connectivity index (χ4v) is 2.46. The molecule has 3 rings (SSSR count). The third-order valence-electron chi connectivity index (χ3n) is 3.46. The van der Waals surface area contributed by atoms with Gasteiger partial charge in [0.1, 0.15) is 0 Å². The van der Waals surface area contributed by atoms with Crippen LogP contribution in [0.2, 0.25) is 0 Å². The Bertz CT molecular complexity index is 594. The molecular weight excluding hydrogens is 226 g/mol. The van der Waals surface area contributed by atoms with E-state index in [4.69, 9.17) is 4.74 Å². The number of Topliss-reactive ketones (excluding diaryl/α,β-unsaturated/α-hetero) is 1. The van der Waals surface area contributed by atoms with Crippen LogP contribution in [-0.4, -0.2) is 23.5 Å². The van der Waals surface area contributed by atoms with Gasteiger partial charge in [-0.15, -0.1) is 0 Å². The maximum Gasteiger partial charge on any atom is 0.168 e. The molecule has 0 bridgehead atoms. The molecule has 1 saturated heterocycles. The fraction of sp³-hybridized carbons (Fsp3) is 0.333. The number of fused-ring (bicyclic) bond motifs is 1. The van der Waals surface area contributed by atoms with Crippen molar-refractivity contribution in [3.05, 3.63) is 42.1 Å². The first kappa shape index (κ1) is 11.4. The normalized spacial score (nSPS) is 23.4. The molecule has 3 heteroatoms. The minimum Gasteiger partial charge on any atom is -0.378 e. The molecule has 1 aliphatic heterocycles. The lowest BCUT2D eigenvalue weighted by atomic mass is 9.95. The maximum atomic E-state index is 12.3. The highest BCUT2D eigenvalue weighted by molar-refractivity contribution is 6.00. The van der Waals surface area contributed by atoms with Crippen LogP contribution in [0.1, 0.15) is 23.7 Å². The van der Waals surface area contributed by atoms with Crippen molar-refractivity contribution in [2.75, 3.05) is 6.61 Å². The van der Waals surface area contributed by atoms with Crippen LogP contribution in [0.5, 0.6) is 0 Å². The standard InChI is InChI=1S/C15H15NO2/c1-10-7-13(9-18-10)15(17)12-5-4-11-3-2-6-16-14(11)8-12/h2-6,8,10,13H,7,9H2,1H3. The molecular formula is C15H15NO2. The second-order valence-electron chi connectivity index (χ2n) is 4.85. The predicted molar refractivity (Wildman–Crippen MR) is 69.6 cm³/mol. The Kier molecular flexibility index (Phi) is 2.84. The molecule has 0 N–H and O–H groups in total. The summed E-state index contributed by atoms with van der Waals surface area (Å²) in [5.41, 5.74) is 1.61. The molecule has 1 fully saturated rings. The van der Waals surface area contributed by atoms with Crippen molar-refractivity contribution in [3.63, 3.8) is 0 Å². The molecule has 18 heavy (non-hydrogen) atoms. The number of hydrogen-bond donors (Lipinski definition) is 0. The molecule has 1 aromatic heterocycles. The van der Waals surface area contributed by atoms with Crippen LogP contribution in [0, 0.1) is 5.92 Å². The first-order chi connectivity index (χ1) is 8.74. The molecule has 1 aromatic carbocycles. The zero-order chi connectivity index (χ0) is 12.5. The highest BCUT2D eigenvalue weighted by Gasteiger charge is 2.28. The molecule has 0 spiro atoms. The lowest BCUT2D eigenvalue weighted by molar-refractivity contribution is 0.0878. The number of rotatable bonds is 2. The number of pyridine rings is 1. The summed E-state index contributed by atoms with van der Waals surface area (Å²) in [4.78, 5) is 16.6. The zero-order valence-corrected chi connectivity index (χ0v) is 10.3. The number of benzene rings is 1. The third-order valence-corrected chi connectivity index (χ3v) is 3.46. The second kappa shape index (κ2) is 4.50. The van der Waals surface area contributed by atoms with Crippen molar-refractivity contribution in [2.24, 2.45) is 5.92 Å². The predicted octanol–water partition coefficient (Wildman–Crippen LogP) is 2.84. The number of ether oxygens (including phenoxy) is 1. The number of carbonyl (C=O) groups excluding carboxylic acids is 1. The van der Waals surface area contributed by atoms with Crippen molar-refractivity contribution in [1.82, 2.24) is 4.98 Å². The number of ketones is 1. The fourth-order valence-electron chi connectivity index (χ4n) is 2.46. The molecule has 92 valence electrons. The van der Waals surface area contributed by atoms with E-state index < -0.39 is 0 Å². The molecule has 2 aromatic rings. The summed E-state index contributed by atoms with van der Waals surface area (Å²) in [6.45, 7) is 2.55. The highest BCUT2D eigenvalue weighted by Crippen LogP contribution is 2.24. The molecule has 2 unspecified atom stereocenters. The van der Waals surface area contributed by atoms with Crippen molar-refractivity contribution in [2.45, 2.75) is 19.4 Å². The van der Waals surface area contributed by atoms with Crippen molar-refractivity contribution >= 4 is 16.7 Å². The first-order valence-electron chi connectivity index (χ1n) is 6.24. The minimum atomic E-state index is 0.00108. The molecule has 0 radical (unpaired) electrons. The van der Waals surface area contributed by atoms with E-state index >= 15 is 0 Å². The van der Waals surface area contributed by atoms with Gasteiger partial charge >= 0.3 is 0 Å². The SMILES string of the molecule is CC1CC(C(=O)c2ccc3cccnc3c2)CO1. The maximum absolute atomic E-state index is 12.3. The van der Waals surface area contributed by atoms with Crippen LogP contribution in [0.15, 0.2) is 36.5 Å². The average Bonchev–Trinajstić information content (AvgIpc) is 2.84. The molecule has 3 nitrogen and oxygen atoms in total. The summed E-state index contributed by atoms with van der Waals surface area (Å²) >= 11 is 0. The van der Waals surface area contributed by atoms with Gasteiger partial charge in [0.25, 0.3) is 0 Å². The summed E-state index contributed by atoms with van der Waals surface area (Å²) in [7, 11) is 0. The van der Waals surface area contributed by atoms with E-state index in [1.54, 1.807) is 6.20 Å². The van der Waals surface area contributed by atoms with Gasteiger partial charge in [0.05, 0.1) is 18.2 Å². The van der Waals surface area contributed by atoms with Crippen LogP contribution in [-0.2, 0) is 4.74 Å². The van der Waals surface area contributed by atoms with Gasteiger partial charge in [0.15, 0.2) is 5.78 Å². The molecule has 0 amide bonds. The Hall–Kier alpha value is -1.74. The van der Waals surface area contributed by atoms with Gasteiger partial charge in [-0.25, -0.2) is 0 Å². The van der Waals surface area contributed by atoms with Crippen LogP contribution in [0.25, 0.3) is 10.9 Å². The van der Waals surface area contributed by atoms with Crippen LogP contribution >= 0.6 is 0 Å². The number of aromatic nitrogens is 1. The summed E-state index contributed by atoms with van der Waals surface area (Å²) in [6.07, 6.45) is 2.76. The summed E-state index contributed by atoms with van der Waals surface area (Å²) in [5.74, 6) is 0.174. The largest absolute Gasteiger partial charge is 0.378 e. The number of hydrogen-bond acceptors (Lipinski definition) is 3. The summed E-state index contributed by atoms with van der Waals surface area (Å²) in [6, 6.07) is 9.61. The van der Waals surface area contributed by atoms with Gasteiger partial charge in [0, 0.05) is 23.1 Å². The topological polar surface area (TPSA) is 39.2 Å². The van der Waals surface area contributed by atoms with Crippen molar-refractivity contribution in [3.8, 4) is 0 Å². The zero-order valence-electron chi connectivity index (χ0n) is 10.3. The van der Waals surface area contributed by atoms with Crippen LogP contribution < -0.4 is 0 Å². The van der Waals surface area contributed by atoms with E-state index in [0.717, 1.165) is 22.9 Å². The quantitative estimate of drug-likeness (QED) is 0.759. The molecule has 0 aliphatic carbocycles. The van der Waals surface area contributed by atoms with Gasteiger partial charge < -0.3 is 4.74 Å². The molecule has 2 heterocycles.